The van der Waals surface area contributed by atoms with Crippen LogP contribution < -0.4 is 0 Å². The van der Waals surface area contributed by atoms with Crippen molar-refractivity contribution < 1.29 is 9.18 Å². The molecule has 21 heavy (non-hydrogen) atoms. The van der Waals surface area contributed by atoms with Crippen molar-refractivity contribution in [3.8, 4) is 0 Å². The maximum absolute atomic E-state index is 12.9. The van der Waals surface area contributed by atoms with Crippen LogP contribution in [0.25, 0.3) is 0 Å². The van der Waals surface area contributed by atoms with Crippen LogP contribution in [0.5, 0.6) is 0 Å². The Kier molecular flexibility index (Phi) is 3.93. The lowest BCUT2D eigenvalue weighted by atomic mass is 10.1. The third kappa shape index (κ3) is 2.93. The minimum atomic E-state index is -0.364. The number of rotatable bonds is 3. The Hall–Kier alpha value is -1.49. The molecule has 2 bridgehead atoms. The number of piperazine rings is 1. The molecule has 2 saturated heterocycles. The van der Waals surface area contributed by atoms with Crippen LogP contribution in [-0.2, 0) is 11.2 Å². The van der Waals surface area contributed by atoms with Crippen molar-refractivity contribution in [2.45, 2.75) is 51.2 Å². The molecular formula is C16H22FN3O. The fraction of sp³-hybridized carbons (Fsp3) is 0.625. The van der Waals surface area contributed by atoms with Crippen LogP contribution in [0.1, 0.15) is 32.4 Å². The molecule has 0 saturated carbocycles. The Morgan fingerprint density at radius 2 is 2.00 bits per heavy atom. The monoisotopic (exact) mass is 291 g/mol. The molecule has 114 valence electrons. The Bertz CT molecular complexity index is 503. The van der Waals surface area contributed by atoms with Gasteiger partial charge in [0.25, 0.3) is 0 Å². The first-order valence-electron chi connectivity index (χ1n) is 7.70. The molecule has 0 aliphatic carbocycles. The van der Waals surface area contributed by atoms with Gasteiger partial charge in [0.05, 0.1) is 12.6 Å². The Balaban J connectivity index is 1.67. The van der Waals surface area contributed by atoms with E-state index >= 15 is 0 Å². The zero-order valence-corrected chi connectivity index (χ0v) is 12.6. The molecule has 1 aromatic rings. The third-order valence-corrected chi connectivity index (χ3v) is 4.65. The molecule has 3 heterocycles. The summed E-state index contributed by atoms with van der Waals surface area (Å²) >= 11 is 0. The molecule has 2 unspecified atom stereocenters. The van der Waals surface area contributed by atoms with Gasteiger partial charge in [0.2, 0.25) is 5.91 Å². The lowest BCUT2D eigenvalue weighted by Crippen LogP contribution is -2.57. The van der Waals surface area contributed by atoms with E-state index in [1.165, 1.54) is 12.3 Å². The molecule has 1 amide bonds. The summed E-state index contributed by atoms with van der Waals surface area (Å²) in [5.74, 6) is -0.234. The molecule has 4 nitrogen and oxygen atoms in total. The van der Waals surface area contributed by atoms with Crippen molar-refractivity contribution >= 4 is 5.91 Å². The van der Waals surface area contributed by atoms with E-state index in [-0.39, 0.29) is 18.1 Å². The van der Waals surface area contributed by atoms with Gasteiger partial charge in [-0.25, -0.2) is 4.39 Å². The highest BCUT2D eigenvalue weighted by molar-refractivity contribution is 5.79. The number of nitrogens with zero attached hydrogens (tertiary/aromatic N) is 3. The summed E-state index contributed by atoms with van der Waals surface area (Å²) in [6, 6.07) is 4.16. The van der Waals surface area contributed by atoms with Crippen molar-refractivity contribution in [3.05, 3.63) is 29.8 Å². The summed E-state index contributed by atoms with van der Waals surface area (Å²) in [6.45, 7) is 6.35. The summed E-state index contributed by atoms with van der Waals surface area (Å²) in [6.07, 6.45) is 3.63. The fourth-order valence-corrected chi connectivity index (χ4v) is 3.52. The first-order chi connectivity index (χ1) is 10.0. The van der Waals surface area contributed by atoms with E-state index in [2.05, 4.69) is 28.6 Å². The van der Waals surface area contributed by atoms with Crippen molar-refractivity contribution in [3.63, 3.8) is 0 Å². The summed E-state index contributed by atoms with van der Waals surface area (Å²) in [7, 11) is 0. The second-order valence-electron chi connectivity index (χ2n) is 6.38. The average molecular weight is 291 g/mol. The normalized spacial score (nSPS) is 25.6. The molecule has 2 atom stereocenters. The number of likely N-dealkylation sites (tertiary alicyclic amines) is 1. The third-order valence-electron chi connectivity index (χ3n) is 4.65. The summed E-state index contributed by atoms with van der Waals surface area (Å²) in [4.78, 5) is 21.1. The Morgan fingerprint density at radius 3 is 2.52 bits per heavy atom. The highest BCUT2D eigenvalue weighted by Gasteiger charge is 2.42. The van der Waals surface area contributed by atoms with Crippen LogP contribution in [0.2, 0.25) is 0 Å². The molecule has 2 aliphatic rings. The zero-order valence-electron chi connectivity index (χ0n) is 12.6. The van der Waals surface area contributed by atoms with Gasteiger partial charge in [0.15, 0.2) is 0 Å². The summed E-state index contributed by atoms with van der Waals surface area (Å²) in [5.41, 5.74) is 0.645. The number of hydrogen-bond acceptors (Lipinski definition) is 3. The second-order valence-corrected chi connectivity index (χ2v) is 6.38. The smallest absolute Gasteiger partial charge is 0.229 e. The predicted octanol–water partition coefficient (Wildman–Crippen LogP) is 1.85. The van der Waals surface area contributed by atoms with Crippen molar-refractivity contribution in [1.82, 2.24) is 14.8 Å². The van der Waals surface area contributed by atoms with Crippen molar-refractivity contribution in [2.75, 3.05) is 13.1 Å². The van der Waals surface area contributed by atoms with Crippen LogP contribution in [-0.4, -0.2) is 51.9 Å². The maximum Gasteiger partial charge on any atom is 0.229 e. The molecule has 0 radical (unpaired) electrons. The number of aromatic nitrogens is 1. The number of pyridine rings is 1. The van der Waals surface area contributed by atoms with Gasteiger partial charge in [-0.2, -0.15) is 0 Å². The van der Waals surface area contributed by atoms with Gasteiger partial charge in [0, 0.05) is 36.9 Å². The number of halogens is 1. The van der Waals surface area contributed by atoms with Gasteiger partial charge in [0.1, 0.15) is 5.82 Å². The maximum atomic E-state index is 12.9. The van der Waals surface area contributed by atoms with Crippen LogP contribution in [0.15, 0.2) is 18.3 Å². The fourth-order valence-electron chi connectivity index (χ4n) is 3.52. The SMILES string of the molecule is CC(C)N1CC2CCC(C1)N2C(=O)Cc1ccc(F)cn1. The summed E-state index contributed by atoms with van der Waals surface area (Å²) < 4.78 is 12.9. The van der Waals surface area contributed by atoms with E-state index < -0.39 is 0 Å². The molecule has 0 N–H and O–H groups in total. The molecule has 5 heteroatoms. The quantitative estimate of drug-likeness (QED) is 0.853. The Labute approximate surface area is 125 Å². The Morgan fingerprint density at radius 1 is 1.33 bits per heavy atom. The average Bonchev–Trinajstić information content (AvgIpc) is 2.71. The van der Waals surface area contributed by atoms with Gasteiger partial charge in [-0.3, -0.25) is 14.7 Å². The van der Waals surface area contributed by atoms with Gasteiger partial charge >= 0.3 is 0 Å². The highest BCUT2D eigenvalue weighted by atomic mass is 19.1. The summed E-state index contributed by atoms with van der Waals surface area (Å²) in [5, 5.41) is 0. The lowest BCUT2D eigenvalue weighted by molar-refractivity contribution is -0.136. The molecule has 3 rings (SSSR count). The van der Waals surface area contributed by atoms with Gasteiger partial charge < -0.3 is 4.90 Å². The molecule has 2 fully saturated rings. The zero-order chi connectivity index (χ0) is 15.0. The first-order valence-corrected chi connectivity index (χ1v) is 7.70. The molecule has 1 aromatic heterocycles. The minimum Gasteiger partial charge on any atom is -0.334 e. The number of carbonyl (C=O) groups is 1. The highest BCUT2D eigenvalue weighted by Crippen LogP contribution is 2.31. The predicted molar refractivity (Wildman–Crippen MR) is 78.3 cm³/mol. The molecule has 2 aliphatic heterocycles. The largest absolute Gasteiger partial charge is 0.334 e. The van der Waals surface area contributed by atoms with Gasteiger partial charge in [-0.05, 0) is 38.8 Å². The van der Waals surface area contributed by atoms with Crippen LogP contribution >= 0.6 is 0 Å². The van der Waals surface area contributed by atoms with Gasteiger partial charge in [-0.15, -0.1) is 0 Å². The van der Waals surface area contributed by atoms with Gasteiger partial charge in [-0.1, -0.05) is 0 Å². The van der Waals surface area contributed by atoms with Crippen LogP contribution in [0.4, 0.5) is 4.39 Å². The molecule has 0 aromatic carbocycles. The minimum absolute atomic E-state index is 0.130. The molecule has 0 spiro atoms. The second kappa shape index (κ2) is 5.72. The number of hydrogen-bond donors (Lipinski definition) is 0. The number of carbonyl (C=O) groups excluding carboxylic acids is 1. The number of amides is 1. The van der Waals surface area contributed by atoms with Crippen LogP contribution in [0.3, 0.4) is 0 Å². The van der Waals surface area contributed by atoms with Crippen molar-refractivity contribution in [1.29, 1.82) is 0 Å². The van der Waals surface area contributed by atoms with E-state index in [9.17, 15) is 9.18 Å². The van der Waals surface area contributed by atoms with E-state index in [1.54, 1.807) is 6.07 Å². The van der Waals surface area contributed by atoms with E-state index in [1.807, 2.05) is 0 Å². The van der Waals surface area contributed by atoms with Crippen LogP contribution in [0, 0.1) is 5.82 Å². The standard InChI is InChI=1S/C16H22FN3O/c1-11(2)19-9-14-5-6-15(10-19)20(14)16(21)7-13-4-3-12(17)8-18-13/h3-4,8,11,14-15H,5-7,9-10H2,1-2H3. The van der Waals surface area contributed by atoms with Crippen molar-refractivity contribution in [2.24, 2.45) is 0 Å². The van der Waals surface area contributed by atoms with E-state index in [4.69, 9.17) is 0 Å². The topological polar surface area (TPSA) is 36.4 Å². The van der Waals surface area contributed by atoms with E-state index in [0.29, 0.717) is 23.8 Å². The lowest BCUT2D eigenvalue weighted by Gasteiger charge is -2.42. The molecular weight excluding hydrogens is 269 g/mol. The van der Waals surface area contributed by atoms with E-state index in [0.717, 1.165) is 25.9 Å². The number of fused-ring (bicyclic) bond motifs is 2. The first kappa shape index (κ1) is 14.4.